The smallest absolute Gasteiger partial charge is 0.183 e. The lowest BCUT2D eigenvalue weighted by Crippen LogP contribution is -2.30. The summed E-state index contributed by atoms with van der Waals surface area (Å²) in [5.74, 6) is 1.17. The van der Waals surface area contributed by atoms with Crippen molar-refractivity contribution in [2.75, 3.05) is 6.61 Å². The zero-order valence-corrected chi connectivity index (χ0v) is 11.5. The number of ether oxygens (including phenoxy) is 1. The first-order chi connectivity index (χ1) is 6.97. The highest BCUT2D eigenvalue weighted by atomic mass is 28.4. The second kappa shape index (κ2) is 5.71. The van der Waals surface area contributed by atoms with E-state index in [1.54, 1.807) is 0 Å². The van der Waals surface area contributed by atoms with Gasteiger partial charge in [-0.15, -0.1) is 0 Å². The quantitative estimate of drug-likeness (QED) is 0.668. The Balaban J connectivity index is 2.23. The average Bonchev–Trinajstić information content (AvgIpc) is 2.15. The molecular formula is C12H24O2Si. The van der Waals surface area contributed by atoms with Crippen molar-refractivity contribution in [2.24, 2.45) is 0 Å². The Kier molecular flexibility index (Phi) is 4.86. The molecule has 1 unspecified atom stereocenters. The molecular weight excluding hydrogens is 204 g/mol. The number of rotatable bonds is 5. The second-order valence-electron chi connectivity index (χ2n) is 5.27. The largest absolute Gasteiger partial charge is 0.493 e. The van der Waals surface area contributed by atoms with Crippen LogP contribution >= 0.6 is 0 Å². The Hall–Kier alpha value is -0.283. The van der Waals surface area contributed by atoms with Crippen molar-refractivity contribution in [3.05, 3.63) is 11.8 Å². The topological polar surface area (TPSA) is 18.5 Å². The molecule has 0 N–H and O–H groups in total. The fourth-order valence-corrected chi connectivity index (χ4v) is 2.31. The van der Waals surface area contributed by atoms with E-state index < -0.39 is 8.32 Å². The van der Waals surface area contributed by atoms with E-state index >= 15 is 0 Å². The fraction of sp³-hybridized carbons (Fsp3) is 0.833. The highest BCUT2D eigenvalue weighted by molar-refractivity contribution is 6.69. The van der Waals surface area contributed by atoms with Gasteiger partial charge in [0.1, 0.15) is 6.10 Å². The van der Waals surface area contributed by atoms with Crippen LogP contribution in [-0.4, -0.2) is 21.0 Å². The lowest BCUT2D eigenvalue weighted by atomic mass is 10.1. The Morgan fingerprint density at radius 3 is 2.60 bits per heavy atom. The van der Waals surface area contributed by atoms with Crippen molar-refractivity contribution in [1.29, 1.82) is 0 Å². The summed E-state index contributed by atoms with van der Waals surface area (Å²) in [6, 6.07) is 0. The summed E-state index contributed by atoms with van der Waals surface area (Å²) in [6.07, 6.45) is 7.30. The molecule has 15 heavy (non-hydrogen) atoms. The molecule has 1 atom stereocenters. The van der Waals surface area contributed by atoms with Gasteiger partial charge in [-0.05, 0) is 51.9 Å². The highest BCUT2D eigenvalue weighted by Crippen LogP contribution is 2.19. The molecule has 0 aromatic heterocycles. The molecule has 0 aromatic rings. The molecule has 88 valence electrons. The summed E-state index contributed by atoms with van der Waals surface area (Å²) in [5, 5.41) is 0. The fourth-order valence-electron chi connectivity index (χ4n) is 1.58. The Bertz CT molecular complexity index is 218. The van der Waals surface area contributed by atoms with E-state index in [2.05, 4.69) is 32.6 Å². The van der Waals surface area contributed by atoms with Crippen LogP contribution in [0, 0.1) is 0 Å². The summed E-state index contributed by atoms with van der Waals surface area (Å²) < 4.78 is 11.7. The Labute approximate surface area is 94.8 Å². The number of hydrogen-bond donors (Lipinski definition) is 0. The molecule has 0 bridgehead atoms. The van der Waals surface area contributed by atoms with Gasteiger partial charge >= 0.3 is 0 Å². The van der Waals surface area contributed by atoms with E-state index in [9.17, 15) is 0 Å². The molecule has 0 heterocycles. The minimum absolute atomic E-state index is 0.195. The summed E-state index contributed by atoms with van der Waals surface area (Å²) in [5.41, 5.74) is 0. The van der Waals surface area contributed by atoms with Crippen LogP contribution in [0.15, 0.2) is 11.8 Å². The van der Waals surface area contributed by atoms with Gasteiger partial charge < -0.3 is 9.16 Å². The lowest BCUT2D eigenvalue weighted by Gasteiger charge is -2.23. The molecule has 0 fully saturated rings. The summed E-state index contributed by atoms with van der Waals surface area (Å²) in [6.45, 7) is 9.45. The van der Waals surface area contributed by atoms with Gasteiger partial charge in [0.25, 0.3) is 0 Å². The monoisotopic (exact) mass is 228 g/mol. The molecule has 0 saturated carbocycles. The summed E-state index contributed by atoms with van der Waals surface area (Å²) >= 11 is 0. The van der Waals surface area contributed by atoms with Crippen LogP contribution in [0.4, 0.5) is 0 Å². The summed E-state index contributed by atoms with van der Waals surface area (Å²) in [7, 11) is -1.39. The lowest BCUT2D eigenvalue weighted by molar-refractivity contribution is 0.0716. The molecule has 0 amide bonds. The molecule has 1 aliphatic rings. The molecule has 1 rings (SSSR count). The van der Waals surface area contributed by atoms with E-state index in [0.29, 0.717) is 0 Å². The van der Waals surface area contributed by atoms with Crippen LogP contribution in [-0.2, 0) is 9.16 Å². The van der Waals surface area contributed by atoms with Gasteiger partial charge in [-0.3, -0.25) is 0 Å². The zero-order chi connectivity index (χ0) is 11.3. The van der Waals surface area contributed by atoms with Crippen LogP contribution in [0.3, 0.4) is 0 Å². The Morgan fingerprint density at radius 1 is 1.33 bits per heavy atom. The van der Waals surface area contributed by atoms with Gasteiger partial charge in [-0.1, -0.05) is 0 Å². The molecule has 3 heteroatoms. The van der Waals surface area contributed by atoms with E-state index in [4.69, 9.17) is 9.16 Å². The average molecular weight is 228 g/mol. The van der Waals surface area contributed by atoms with Crippen LogP contribution in [0.1, 0.15) is 32.6 Å². The van der Waals surface area contributed by atoms with E-state index in [0.717, 1.165) is 13.0 Å². The molecule has 0 saturated heterocycles. The van der Waals surface area contributed by atoms with Crippen molar-refractivity contribution in [1.82, 2.24) is 0 Å². The molecule has 0 radical (unpaired) electrons. The van der Waals surface area contributed by atoms with Crippen molar-refractivity contribution in [3.8, 4) is 0 Å². The van der Waals surface area contributed by atoms with Crippen molar-refractivity contribution < 1.29 is 9.16 Å². The van der Waals surface area contributed by atoms with Gasteiger partial charge in [-0.2, -0.15) is 0 Å². The van der Waals surface area contributed by atoms with Crippen molar-refractivity contribution in [3.63, 3.8) is 0 Å². The third-order valence-electron chi connectivity index (χ3n) is 2.35. The Morgan fingerprint density at radius 2 is 2.07 bits per heavy atom. The number of hydrogen-bond acceptors (Lipinski definition) is 2. The van der Waals surface area contributed by atoms with Gasteiger partial charge in [0, 0.05) is 6.42 Å². The summed E-state index contributed by atoms with van der Waals surface area (Å²) in [4.78, 5) is 0. The van der Waals surface area contributed by atoms with Crippen molar-refractivity contribution in [2.45, 2.75) is 58.4 Å². The predicted molar refractivity (Wildman–Crippen MR) is 66.4 cm³/mol. The molecule has 1 aliphatic carbocycles. The first-order valence-electron chi connectivity index (χ1n) is 5.97. The van der Waals surface area contributed by atoms with Crippen molar-refractivity contribution >= 4 is 8.32 Å². The second-order valence-corrected chi connectivity index (χ2v) is 9.78. The van der Waals surface area contributed by atoms with Crippen LogP contribution in [0.25, 0.3) is 0 Å². The third-order valence-corrected chi connectivity index (χ3v) is 3.39. The SMILES string of the molecule is CC(CO[Si](C)(C)C)OC1=CCCCC1. The van der Waals surface area contributed by atoms with E-state index in [1.165, 1.54) is 25.0 Å². The maximum absolute atomic E-state index is 5.85. The first kappa shape index (κ1) is 12.8. The van der Waals surface area contributed by atoms with Gasteiger partial charge in [0.05, 0.1) is 12.4 Å². The molecule has 2 nitrogen and oxygen atoms in total. The normalized spacial score (nSPS) is 19.6. The van der Waals surface area contributed by atoms with Crippen LogP contribution in [0.2, 0.25) is 19.6 Å². The maximum Gasteiger partial charge on any atom is 0.183 e. The molecule has 0 aromatic carbocycles. The van der Waals surface area contributed by atoms with E-state index in [-0.39, 0.29) is 6.10 Å². The van der Waals surface area contributed by atoms with Crippen LogP contribution in [0.5, 0.6) is 0 Å². The minimum atomic E-state index is -1.39. The van der Waals surface area contributed by atoms with Gasteiger partial charge in [0.2, 0.25) is 0 Å². The maximum atomic E-state index is 5.85. The number of allylic oxidation sites excluding steroid dienone is 2. The zero-order valence-electron chi connectivity index (χ0n) is 10.5. The van der Waals surface area contributed by atoms with Crippen LogP contribution < -0.4 is 0 Å². The molecule has 0 aliphatic heterocycles. The molecule has 0 spiro atoms. The minimum Gasteiger partial charge on any atom is -0.493 e. The first-order valence-corrected chi connectivity index (χ1v) is 9.38. The highest BCUT2D eigenvalue weighted by Gasteiger charge is 2.17. The standard InChI is InChI=1S/C12H24O2Si/c1-11(10-13-15(2,3)4)14-12-8-6-5-7-9-12/h8,11H,5-7,9-10H2,1-4H3. The van der Waals surface area contributed by atoms with Gasteiger partial charge in [-0.25, -0.2) is 0 Å². The third kappa shape index (κ3) is 6.00. The van der Waals surface area contributed by atoms with Gasteiger partial charge in [0.15, 0.2) is 8.32 Å². The predicted octanol–water partition coefficient (Wildman–Crippen LogP) is 3.70. The van der Waals surface area contributed by atoms with E-state index in [1.807, 2.05) is 0 Å².